The summed E-state index contributed by atoms with van der Waals surface area (Å²) in [6.07, 6.45) is -2.67. The lowest BCUT2D eigenvalue weighted by atomic mass is 10.1. The molecule has 0 aliphatic heterocycles. The van der Waals surface area contributed by atoms with E-state index in [1.807, 2.05) is 12.1 Å². The number of pyridine rings is 1. The van der Waals surface area contributed by atoms with Gasteiger partial charge in [-0.25, -0.2) is 4.79 Å². The van der Waals surface area contributed by atoms with Crippen molar-refractivity contribution in [3.63, 3.8) is 0 Å². The Morgan fingerprint density at radius 1 is 1.03 bits per heavy atom. The quantitative estimate of drug-likeness (QED) is 0.534. The minimum atomic E-state index is -4.46. The number of hydrogen-bond donors (Lipinski definition) is 3. The molecule has 0 aliphatic carbocycles. The molecule has 158 valence electrons. The van der Waals surface area contributed by atoms with E-state index in [0.717, 1.165) is 24.3 Å². The highest BCUT2D eigenvalue weighted by Crippen LogP contribution is 2.29. The van der Waals surface area contributed by atoms with E-state index in [9.17, 15) is 22.8 Å². The van der Waals surface area contributed by atoms with Gasteiger partial charge in [0.25, 0.3) is 5.91 Å². The molecule has 0 aliphatic rings. The third-order valence-corrected chi connectivity index (χ3v) is 4.25. The minimum Gasteiger partial charge on any atom is -0.350 e. The van der Waals surface area contributed by atoms with Crippen LogP contribution >= 0.6 is 0 Å². The smallest absolute Gasteiger partial charge is 0.350 e. The first-order valence-corrected chi connectivity index (χ1v) is 9.05. The van der Waals surface area contributed by atoms with Gasteiger partial charge in [-0.2, -0.15) is 13.2 Å². The maximum atomic E-state index is 12.5. The van der Waals surface area contributed by atoms with E-state index < -0.39 is 29.7 Å². The highest BCUT2D eigenvalue weighted by Gasteiger charge is 2.30. The number of nitrogens with one attached hydrogen (secondary N) is 3. The largest absolute Gasteiger partial charge is 0.416 e. The van der Waals surface area contributed by atoms with Crippen LogP contribution in [0.2, 0.25) is 0 Å². The predicted octanol–water partition coefficient (Wildman–Crippen LogP) is 2.54. The predicted molar refractivity (Wildman–Crippen MR) is 102 cm³/mol. The lowest BCUT2D eigenvalue weighted by Gasteiger charge is -2.13. The number of halogens is 3. The number of hydrogen-bond acceptors (Lipinski definition) is 4. The normalized spacial score (nSPS) is 12.4. The van der Waals surface area contributed by atoms with Crippen LogP contribution in [0.25, 0.3) is 5.65 Å². The number of fused-ring (bicyclic) bond motifs is 1. The summed E-state index contributed by atoms with van der Waals surface area (Å²) in [7, 11) is 0. The lowest BCUT2D eigenvalue weighted by Crippen LogP contribution is -2.41. The highest BCUT2D eigenvalue weighted by atomic mass is 19.4. The Balaban J connectivity index is 1.43. The molecule has 0 radical (unpaired) electrons. The second-order valence-electron chi connectivity index (χ2n) is 6.44. The molecule has 0 saturated carbocycles. The second-order valence-corrected chi connectivity index (χ2v) is 6.44. The maximum absolute atomic E-state index is 12.5. The molecule has 30 heavy (non-hydrogen) atoms. The van der Waals surface area contributed by atoms with Crippen molar-refractivity contribution in [2.45, 2.75) is 19.1 Å². The average molecular weight is 420 g/mol. The molecule has 3 amide bonds. The molecular formula is C19H19F3N6O2. The molecule has 8 nitrogen and oxygen atoms in total. The second kappa shape index (κ2) is 8.80. The van der Waals surface area contributed by atoms with Crippen molar-refractivity contribution in [2.24, 2.45) is 0 Å². The summed E-state index contributed by atoms with van der Waals surface area (Å²) in [5.74, 6) is 0.0330. The molecule has 1 unspecified atom stereocenters. The van der Waals surface area contributed by atoms with Gasteiger partial charge in [-0.1, -0.05) is 6.07 Å². The third-order valence-electron chi connectivity index (χ3n) is 4.25. The van der Waals surface area contributed by atoms with E-state index in [2.05, 4.69) is 26.1 Å². The fraction of sp³-hybridized carbons (Fsp3) is 0.263. The molecule has 0 fully saturated rings. The van der Waals surface area contributed by atoms with Gasteiger partial charge >= 0.3 is 12.2 Å². The molecule has 3 aromatic rings. The number of carbonyl (C=O) groups excluding carboxylic acids is 2. The van der Waals surface area contributed by atoms with Crippen LogP contribution in [0.15, 0.2) is 48.7 Å². The van der Waals surface area contributed by atoms with Crippen LogP contribution < -0.4 is 16.0 Å². The van der Waals surface area contributed by atoms with Crippen LogP contribution in [-0.2, 0) is 6.18 Å². The molecule has 1 aromatic carbocycles. The van der Waals surface area contributed by atoms with Crippen molar-refractivity contribution in [1.82, 2.24) is 30.5 Å². The lowest BCUT2D eigenvalue weighted by molar-refractivity contribution is -0.137. The molecule has 0 spiro atoms. The van der Waals surface area contributed by atoms with Gasteiger partial charge in [0.15, 0.2) is 11.5 Å². The summed E-state index contributed by atoms with van der Waals surface area (Å²) < 4.78 is 39.4. The first-order valence-electron chi connectivity index (χ1n) is 9.05. The van der Waals surface area contributed by atoms with Gasteiger partial charge < -0.3 is 16.0 Å². The van der Waals surface area contributed by atoms with E-state index in [0.29, 0.717) is 11.5 Å². The number of nitrogens with zero attached hydrogens (tertiary/aromatic N) is 3. The van der Waals surface area contributed by atoms with E-state index in [1.165, 1.54) is 0 Å². The van der Waals surface area contributed by atoms with Gasteiger partial charge in [0.2, 0.25) is 0 Å². The summed E-state index contributed by atoms with van der Waals surface area (Å²) in [4.78, 5) is 24.0. The monoisotopic (exact) mass is 420 g/mol. The molecule has 0 bridgehead atoms. The molecule has 11 heteroatoms. The van der Waals surface area contributed by atoms with Crippen molar-refractivity contribution >= 4 is 17.6 Å². The van der Waals surface area contributed by atoms with Gasteiger partial charge in [0.1, 0.15) is 0 Å². The summed E-state index contributed by atoms with van der Waals surface area (Å²) in [6, 6.07) is 8.47. The summed E-state index contributed by atoms with van der Waals surface area (Å²) in [6.45, 7) is 2.00. The number of alkyl halides is 3. The standard InChI is InChI=1S/C19H19F3N6O2/c1-12(16-27-26-15-4-2-3-11-28(15)16)25-18(30)24-10-9-23-17(29)13-5-7-14(8-6-13)19(20,21)22/h2-8,11-12H,9-10H2,1H3,(H,23,29)(H2,24,25,30). The Kier molecular flexibility index (Phi) is 6.19. The van der Waals surface area contributed by atoms with Crippen LogP contribution in [0.3, 0.4) is 0 Å². The Hall–Kier alpha value is -3.63. The molecule has 1 atom stereocenters. The van der Waals surface area contributed by atoms with Crippen molar-refractivity contribution in [2.75, 3.05) is 13.1 Å². The van der Waals surface area contributed by atoms with Crippen molar-refractivity contribution in [3.05, 3.63) is 65.6 Å². The highest BCUT2D eigenvalue weighted by molar-refractivity contribution is 5.94. The Bertz CT molecular complexity index is 1030. The number of amides is 3. The van der Waals surface area contributed by atoms with Gasteiger partial charge in [0, 0.05) is 24.8 Å². The van der Waals surface area contributed by atoms with Gasteiger partial charge in [0.05, 0.1) is 11.6 Å². The van der Waals surface area contributed by atoms with Crippen LogP contribution in [0.1, 0.15) is 34.7 Å². The van der Waals surface area contributed by atoms with Crippen molar-refractivity contribution in [3.8, 4) is 0 Å². The molecule has 3 rings (SSSR count). The van der Waals surface area contributed by atoms with E-state index in [1.54, 1.807) is 23.6 Å². The fourth-order valence-electron chi connectivity index (χ4n) is 2.73. The zero-order chi connectivity index (χ0) is 21.7. The number of rotatable bonds is 6. The summed E-state index contributed by atoms with van der Waals surface area (Å²) in [5, 5.41) is 15.9. The average Bonchev–Trinajstić information content (AvgIpc) is 3.15. The van der Waals surface area contributed by atoms with E-state index >= 15 is 0 Å². The van der Waals surface area contributed by atoms with E-state index in [-0.39, 0.29) is 18.7 Å². The topological polar surface area (TPSA) is 100 Å². The zero-order valence-electron chi connectivity index (χ0n) is 15.9. The van der Waals surface area contributed by atoms with Crippen molar-refractivity contribution < 1.29 is 22.8 Å². The maximum Gasteiger partial charge on any atom is 0.416 e. The molecule has 2 aromatic heterocycles. The molecule has 0 saturated heterocycles. The van der Waals surface area contributed by atoms with Gasteiger partial charge in [-0.05, 0) is 43.3 Å². The van der Waals surface area contributed by atoms with Crippen LogP contribution in [0.5, 0.6) is 0 Å². The fourth-order valence-corrected chi connectivity index (χ4v) is 2.73. The molecular weight excluding hydrogens is 401 g/mol. The van der Waals surface area contributed by atoms with Crippen LogP contribution in [0, 0.1) is 0 Å². The zero-order valence-corrected chi connectivity index (χ0v) is 15.9. The van der Waals surface area contributed by atoms with Crippen molar-refractivity contribution in [1.29, 1.82) is 0 Å². The van der Waals surface area contributed by atoms with Gasteiger partial charge in [-0.15, -0.1) is 10.2 Å². The first-order chi connectivity index (χ1) is 14.3. The Labute approximate surface area is 169 Å². The number of aromatic nitrogens is 3. The minimum absolute atomic E-state index is 0.0970. The Morgan fingerprint density at radius 2 is 1.73 bits per heavy atom. The Morgan fingerprint density at radius 3 is 2.43 bits per heavy atom. The third kappa shape index (κ3) is 5.04. The number of carbonyl (C=O) groups is 2. The summed E-state index contributed by atoms with van der Waals surface area (Å²) >= 11 is 0. The number of benzene rings is 1. The van der Waals surface area contributed by atoms with Crippen LogP contribution in [-0.4, -0.2) is 39.6 Å². The van der Waals surface area contributed by atoms with Gasteiger partial charge in [-0.3, -0.25) is 9.20 Å². The molecule has 2 heterocycles. The molecule has 3 N–H and O–H groups in total. The number of urea groups is 1. The SMILES string of the molecule is CC(NC(=O)NCCNC(=O)c1ccc(C(F)(F)F)cc1)c1nnc2ccccn12. The van der Waals surface area contributed by atoms with E-state index in [4.69, 9.17) is 0 Å². The van der Waals surface area contributed by atoms with Crippen LogP contribution in [0.4, 0.5) is 18.0 Å². The first kappa shape index (κ1) is 21.1. The summed E-state index contributed by atoms with van der Waals surface area (Å²) in [5.41, 5.74) is -0.0701.